The van der Waals surface area contributed by atoms with E-state index in [1.165, 1.54) is 85.9 Å². The zero-order valence-corrected chi connectivity index (χ0v) is 21.1. The van der Waals surface area contributed by atoms with Crippen LogP contribution < -0.4 is 0 Å². The van der Waals surface area contributed by atoms with Gasteiger partial charge in [-0.15, -0.1) is 0 Å². The molecule has 0 saturated carbocycles. The first-order chi connectivity index (χ1) is 11.8. The van der Waals surface area contributed by atoms with Crippen molar-refractivity contribution in [2.24, 2.45) is 0 Å². The van der Waals surface area contributed by atoms with Crippen molar-refractivity contribution in [1.82, 2.24) is 0 Å². The fourth-order valence-electron chi connectivity index (χ4n) is 3.88. The molecule has 1 aliphatic heterocycles. The molecule has 0 aliphatic carbocycles. The predicted molar refractivity (Wildman–Crippen MR) is 112 cm³/mol. The number of unbranched alkanes of at least 4 members (excludes halogenated alkanes) is 10. The number of hydrogen-bond acceptors (Lipinski definition) is 2. The Morgan fingerprint density at radius 3 is 1.20 bits per heavy atom. The molecule has 0 aromatic carbocycles. The SMILES string of the molecule is CCCCCCC[CH2][Sn]1([CH2]CCCCCCC)[O]C(C)(C)C(C)(C)[O]1. The zero-order chi connectivity index (χ0) is 18.8. The van der Waals surface area contributed by atoms with Crippen LogP contribution in [0.5, 0.6) is 0 Å². The maximum atomic E-state index is 6.79. The predicted octanol–water partition coefficient (Wildman–Crippen LogP) is 7.75. The van der Waals surface area contributed by atoms with Gasteiger partial charge in [0.2, 0.25) is 0 Å². The van der Waals surface area contributed by atoms with Crippen LogP contribution in [0.4, 0.5) is 0 Å². The standard InChI is InChI=1S/2C8H17.C6H12O2.Sn/c2*1-3-5-7-8-6-4-2;1-5(2,7)6(3,4)8;/h2*1,3-8H2,2H3;1-4H3;/q;;-2;+2. The summed E-state index contributed by atoms with van der Waals surface area (Å²) in [5.41, 5.74) is -0.235. The van der Waals surface area contributed by atoms with Crippen molar-refractivity contribution < 1.29 is 6.15 Å². The van der Waals surface area contributed by atoms with Crippen LogP contribution in [0.15, 0.2) is 0 Å². The molecule has 0 N–H and O–H groups in total. The molecule has 0 atom stereocenters. The Balaban J connectivity index is 2.48. The van der Waals surface area contributed by atoms with Gasteiger partial charge in [-0.05, 0) is 0 Å². The van der Waals surface area contributed by atoms with E-state index < -0.39 is 19.2 Å². The van der Waals surface area contributed by atoms with Gasteiger partial charge in [-0.1, -0.05) is 0 Å². The van der Waals surface area contributed by atoms with Crippen molar-refractivity contribution in [2.45, 2.75) is 139 Å². The molecule has 0 bridgehead atoms. The van der Waals surface area contributed by atoms with Gasteiger partial charge in [0.15, 0.2) is 0 Å². The fourth-order valence-corrected chi connectivity index (χ4v) is 17.1. The molecule has 150 valence electrons. The van der Waals surface area contributed by atoms with Crippen LogP contribution in [-0.2, 0) is 6.15 Å². The quantitative estimate of drug-likeness (QED) is 0.195. The third-order valence-electron chi connectivity index (χ3n) is 6.15. The van der Waals surface area contributed by atoms with Crippen LogP contribution in [0.3, 0.4) is 0 Å². The Labute approximate surface area is 163 Å². The third-order valence-corrected chi connectivity index (χ3v) is 17.6. The van der Waals surface area contributed by atoms with E-state index in [-0.39, 0.29) is 11.2 Å². The second-order valence-corrected chi connectivity index (χ2v) is 18.4. The van der Waals surface area contributed by atoms with Gasteiger partial charge in [0.1, 0.15) is 0 Å². The first kappa shape index (κ1) is 23.8. The van der Waals surface area contributed by atoms with Crippen LogP contribution in [0.1, 0.15) is 119 Å². The molecule has 1 rings (SSSR count). The molecule has 1 fully saturated rings. The van der Waals surface area contributed by atoms with Gasteiger partial charge < -0.3 is 0 Å². The molecule has 0 aromatic heterocycles. The number of rotatable bonds is 14. The normalized spacial score (nSPS) is 20.9. The maximum absolute atomic E-state index is 6.79. The van der Waals surface area contributed by atoms with Crippen molar-refractivity contribution >= 4 is 19.2 Å². The molecule has 0 unspecified atom stereocenters. The molecule has 0 radical (unpaired) electrons. The Morgan fingerprint density at radius 2 is 0.840 bits per heavy atom. The van der Waals surface area contributed by atoms with Gasteiger partial charge in [0, 0.05) is 0 Å². The first-order valence-corrected chi connectivity index (χ1v) is 17.6. The average Bonchev–Trinajstić information content (AvgIpc) is 2.71. The van der Waals surface area contributed by atoms with Gasteiger partial charge in [-0.25, -0.2) is 0 Å². The molecule has 2 nitrogen and oxygen atoms in total. The second kappa shape index (κ2) is 11.5. The summed E-state index contributed by atoms with van der Waals surface area (Å²) < 4.78 is 16.1. The molecule has 0 amide bonds. The van der Waals surface area contributed by atoms with Gasteiger partial charge in [-0.3, -0.25) is 0 Å². The summed E-state index contributed by atoms with van der Waals surface area (Å²) in [6.45, 7) is 13.6. The molecular weight excluding hydrogens is 415 g/mol. The van der Waals surface area contributed by atoms with Crippen molar-refractivity contribution in [2.75, 3.05) is 0 Å². The average molecular weight is 461 g/mol. The summed E-state index contributed by atoms with van der Waals surface area (Å²) in [7, 11) is 0. The Hall–Kier alpha value is 0.719. The van der Waals surface area contributed by atoms with Crippen LogP contribution in [0.2, 0.25) is 8.87 Å². The Morgan fingerprint density at radius 1 is 0.520 bits per heavy atom. The monoisotopic (exact) mass is 462 g/mol. The van der Waals surface area contributed by atoms with E-state index in [0.717, 1.165) is 0 Å². The van der Waals surface area contributed by atoms with Crippen LogP contribution in [0, 0.1) is 0 Å². The minimum absolute atomic E-state index is 0.118. The molecule has 3 heteroatoms. The van der Waals surface area contributed by atoms with Gasteiger partial charge in [-0.2, -0.15) is 0 Å². The minimum atomic E-state index is -2.91. The summed E-state index contributed by atoms with van der Waals surface area (Å²) in [4.78, 5) is 0. The summed E-state index contributed by atoms with van der Waals surface area (Å²) in [6.07, 6.45) is 16.4. The molecule has 0 aromatic rings. The fraction of sp³-hybridized carbons (Fsp3) is 1.00. The molecule has 0 spiro atoms. The van der Waals surface area contributed by atoms with Gasteiger partial charge in [0.25, 0.3) is 0 Å². The summed E-state index contributed by atoms with van der Waals surface area (Å²) in [5, 5.41) is 0. The molecule has 1 heterocycles. The molecule has 1 aliphatic rings. The van der Waals surface area contributed by atoms with Crippen LogP contribution >= 0.6 is 0 Å². The zero-order valence-electron chi connectivity index (χ0n) is 18.2. The van der Waals surface area contributed by atoms with Gasteiger partial charge in [0.05, 0.1) is 0 Å². The van der Waals surface area contributed by atoms with E-state index >= 15 is 0 Å². The Kier molecular flexibility index (Phi) is 11.0. The van der Waals surface area contributed by atoms with E-state index in [9.17, 15) is 0 Å². The van der Waals surface area contributed by atoms with E-state index in [2.05, 4.69) is 41.5 Å². The van der Waals surface area contributed by atoms with E-state index in [0.29, 0.717) is 0 Å². The molecular formula is C22H46O2Sn. The summed E-state index contributed by atoms with van der Waals surface area (Å²) in [6, 6.07) is 0. The molecule has 1 saturated heterocycles. The van der Waals surface area contributed by atoms with E-state index in [4.69, 9.17) is 6.15 Å². The third kappa shape index (κ3) is 8.09. The van der Waals surface area contributed by atoms with E-state index in [1.54, 1.807) is 0 Å². The summed E-state index contributed by atoms with van der Waals surface area (Å²) >= 11 is -2.91. The van der Waals surface area contributed by atoms with Crippen LogP contribution in [0.25, 0.3) is 0 Å². The van der Waals surface area contributed by atoms with Crippen LogP contribution in [-0.4, -0.2) is 30.4 Å². The number of hydrogen-bond donors (Lipinski definition) is 0. The topological polar surface area (TPSA) is 18.5 Å². The van der Waals surface area contributed by atoms with E-state index in [1.807, 2.05) is 0 Å². The van der Waals surface area contributed by atoms with Crippen molar-refractivity contribution in [3.63, 3.8) is 0 Å². The Bertz CT molecular complexity index is 318. The molecule has 25 heavy (non-hydrogen) atoms. The second-order valence-electron chi connectivity index (χ2n) is 9.17. The van der Waals surface area contributed by atoms with Gasteiger partial charge >= 0.3 is 164 Å². The van der Waals surface area contributed by atoms with Crippen molar-refractivity contribution in [3.05, 3.63) is 0 Å². The first-order valence-electron chi connectivity index (χ1n) is 11.2. The van der Waals surface area contributed by atoms with Crippen molar-refractivity contribution in [3.8, 4) is 0 Å². The summed E-state index contributed by atoms with van der Waals surface area (Å²) in [5.74, 6) is 0. The van der Waals surface area contributed by atoms with Crippen molar-refractivity contribution in [1.29, 1.82) is 0 Å².